The van der Waals surface area contributed by atoms with Crippen LogP contribution in [0.2, 0.25) is 10.3 Å². The second-order valence-corrected chi connectivity index (χ2v) is 4.98. The van der Waals surface area contributed by atoms with Crippen molar-refractivity contribution in [2.24, 2.45) is 0 Å². The average molecular weight is 364 g/mol. The van der Waals surface area contributed by atoms with Crippen molar-refractivity contribution >= 4 is 56.3 Å². The van der Waals surface area contributed by atoms with Gasteiger partial charge >= 0.3 is 5.69 Å². The summed E-state index contributed by atoms with van der Waals surface area (Å²) < 4.78 is 0.655. The number of anilines is 2. The molecule has 2 aromatic rings. The highest BCUT2D eigenvalue weighted by Gasteiger charge is 2.17. The van der Waals surface area contributed by atoms with Gasteiger partial charge in [0, 0.05) is 10.2 Å². The lowest BCUT2D eigenvalue weighted by Crippen LogP contribution is -2.01. The predicted molar refractivity (Wildman–Crippen MR) is 76.1 cm³/mol. The zero-order valence-corrected chi connectivity index (χ0v) is 12.2. The van der Waals surface area contributed by atoms with E-state index in [4.69, 9.17) is 23.2 Å². The van der Waals surface area contributed by atoms with Gasteiger partial charge in [0.25, 0.3) is 0 Å². The normalized spacial score (nSPS) is 10.3. The lowest BCUT2D eigenvalue weighted by atomic mass is 10.3. The molecule has 0 aliphatic heterocycles. The molecule has 1 aromatic heterocycles. The molecule has 1 N–H and O–H groups in total. The summed E-state index contributed by atoms with van der Waals surface area (Å²) in [6.45, 7) is 0. The van der Waals surface area contributed by atoms with Crippen LogP contribution in [0.5, 0.6) is 0 Å². The Labute approximate surface area is 126 Å². The predicted octanol–water partition coefficient (Wildman–Crippen LogP) is 4.20. The van der Waals surface area contributed by atoms with Gasteiger partial charge in [0.1, 0.15) is 6.20 Å². The number of nitrogens with zero attached hydrogens (tertiary/aromatic N) is 3. The van der Waals surface area contributed by atoms with Crippen molar-refractivity contribution in [2.75, 3.05) is 5.32 Å². The van der Waals surface area contributed by atoms with Gasteiger partial charge in [-0.05, 0) is 45.7 Å². The van der Waals surface area contributed by atoms with Gasteiger partial charge in [-0.2, -0.15) is 4.98 Å². The topological polar surface area (TPSA) is 81.0 Å². The first-order chi connectivity index (χ1) is 8.97. The summed E-state index contributed by atoms with van der Waals surface area (Å²) in [5.41, 5.74) is 0.310. The SMILES string of the molecule is O=[N+]([O-])c1cnc(Cl)nc1Nc1ccc(Cl)c(Br)c1. The van der Waals surface area contributed by atoms with Gasteiger partial charge in [-0.1, -0.05) is 11.6 Å². The van der Waals surface area contributed by atoms with E-state index in [1.165, 1.54) is 0 Å². The van der Waals surface area contributed by atoms with Crippen LogP contribution in [0.4, 0.5) is 17.2 Å². The third-order valence-electron chi connectivity index (χ3n) is 2.12. The molecule has 0 aliphatic rings. The minimum atomic E-state index is -0.594. The molecule has 0 amide bonds. The number of hydrogen-bond donors (Lipinski definition) is 1. The third-order valence-corrected chi connectivity index (χ3v) is 3.52. The van der Waals surface area contributed by atoms with Crippen LogP contribution in [0.15, 0.2) is 28.9 Å². The summed E-state index contributed by atoms with van der Waals surface area (Å²) in [4.78, 5) is 17.6. The van der Waals surface area contributed by atoms with E-state index in [9.17, 15) is 10.1 Å². The van der Waals surface area contributed by atoms with Crippen LogP contribution in [0.3, 0.4) is 0 Å². The van der Waals surface area contributed by atoms with Crippen molar-refractivity contribution in [3.05, 3.63) is 49.3 Å². The first-order valence-electron chi connectivity index (χ1n) is 4.86. The first kappa shape index (κ1) is 14.0. The molecule has 0 saturated heterocycles. The van der Waals surface area contributed by atoms with E-state index in [-0.39, 0.29) is 16.8 Å². The van der Waals surface area contributed by atoms with E-state index in [1.54, 1.807) is 18.2 Å². The monoisotopic (exact) mass is 362 g/mol. The largest absolute Gasteiger partial charge is 0.334 e. The second-order valence-electron chi connectivity index (χ2n) is 3.38. The van der Waals surface area contributed by atoms with E-state index >= 15 is 0 Å². The van der Waals surface area contributed by atoms with E-state index in [2.05, 4.69) is 31.2 Å². The summed E-state index contributed by atoms with van der Waals surface area (Å²) >= 11 is 14.7. The standard InChI is InChI=1S/C10H5BrCl2N4O2/c11-6-3-5(1-2-7(6)12)15-9-8(17(18)19)4-14-10(13)16-9/h1-4H,(H,14,15,16). The number of aromatic nitrogens is 2. The lowest BCUT2D eigenvalue weighted by Gasteiger charge is -2.07. The Bertz CT molecular complexity index is 653. The Morgan fingerprint density at radius 2 is 2.11 bits per heavy atom. The summed E-state index contributed by atoms with van der Waals surface area (Å²) in [6.07, 6.45) is 1.04. The first-order valence-corrected chi connectivity index (χ1v) is 6.41. The molecule has 0 spiro atoms. The molecule has 0 radical (unpaired) electrons. The molecule has 19 heavy (non-hydrogen) atoms. The third kappa shape index (κ3) is 3.31. The van der Waals surface area contributed by atoms with Gasteiger partial charge in [-0.25, -0.2) is 4.98 Å². The molecule has 2 rings (SSSR count). The quantitative estimate of drug-likeness (QED) is 0.502. The fourth-order valence-corrected chi connectivity index (χ4v) is 1.92. The van der Waals surface area contributed by atoms with Gasteiger partial charge in [-0.3, -0.25) is 10.1 Å². The van der Waals surface area contributed by atoms with Crippen LogP contribution < -0.4 is 5.32 Å². The molecule has 1 aromatic carbocycles. The number of nitro groups is 1. The Morgan fingerprint density at radius 3 is 2.74 bits per heavy atom. The molecule has 0 bridgehead atoms. The van der Waals surface area contributed by atoms with Crippen LogP contribution in [0, 0.1) is 10.1 Å². The molecule has 1 heterocycles. The van der Waals surface area contributed by atoms with Crippen molar-refractivity contribution < 1.29 is 4.92 Å². The zero-order chi connectivity index (χ0) is 14.0. The van der Waals surface area contributed by atoms with E-state index in [0.717, 1.165) is 6.20 Å². The van der Waals surface area contributed by atoms with Gasteiger partial charge in [-0.15, -0.1) is 0 Å². The number of nitrogens with one attached hydrogen (secondary N) is 1. The maximum absolute atomic E-state index is 10.9. The van der Waals surface area contributed by atoms with Crippen molar-refractivity contribution in [3.8, 4) is 0 Å². The van der Waals surface area contributed by atoms with Crippen LogP contribution in [-0.2, 0) is 0 Å². The number of benzene rings is 1. The van der Waals surface area contributed by atoms with E-state index in [0.29, 0.717) is 15.2 Å². The van der Waals surface area contributed by atoms with Crippen molar-refractivity contribution in [2.45, 2.75) is 0 Å². The van der Waals surface area contributed by atoms with Crippen molar-refractivity contribution in [1.82, 2.24) is 9.97 Å². The Morgan fingerprint density at radius 1 is 1.37 bits per heavy atom. The number of rotatable bonds is 3. The van der Waals surface area contributed by atoms with Crippen LogP contribution in [-0.4, -0.2) is 14.9 Å². The number of hydrogen-bond acceptors (Lipinski definition) is 5. The Hall–Kier alpha value is -1.44. The van der Waals surface area contributed by atoms with Crippen molar-refractivity contribution in [3.63, 3.8) is 0 Å². The average Bonchev–Trinajstić information content (AvgIpc) is 2.33. The Kier molecular flexibility index (Phi) is 4.18. The molecule has 6 nitrogen and oxygen atoms in total. The van der Waals surface area contributed by atoms with Crippen molar-refractivity contribution in [1.29, 1.82) is 0 Å². The minimum Gasteiger partial charge on any atom is -0.334 e. The smallest absolute Gasteiger partial charge is 0.329 e. The van der Waals surface area contributed by atoms with Crippen LogP contribution in [0.1, 0.15) is 0 Å². The fraction of sp³-hybridized carbons (Fsp3) is 0. The highest BCUT2D eigenvalue weighted by atomic mass is 79.9. The Balaban J connectivity index is 2.39. The lowest BCUT2D eigenvalue weighted by molar-refractivity contribution is -0.384. The van der Waals surface area contributed by atoms with Crippen LogP contribution >= 0.6 is 39.1 Å². The summed E-state index contributed by atoms with van der Waals surface area (Å²) in [7, 11) is 0. The van der Waals surface area contributed by atoms with Gasteiger partial charge in [0.2, 0.25) is 11.1 Å². The molecule has 0 atom stereocenters. The summed E-state index contributed by atoms with van der Waals surface area (Å²) in [5.74, 6) is 0.0132. The van der Waals surface area contributed by atoms with E-state index in [1.807, 2.05) is 0 Å². The van der Waals surface area contributed by atoms with Gasteiger partial charge < -0.3 is 5.32 Å². The zero-order valence-electron chi connectivity index (χ0n) is 9.10. The molecule has 0 unspecified atom stereocenters. The molecule has 98 valence electrons. The summed E-state index contributed by atoms with van der Waals surface area (Å²) in [5, 5.41) is 14.1. The molecule has 9 heteroatoms. The molecule has 0 saturated carbocycles. The fourth-order valence-electron chi connectivity index (χ4n) is 1.29. The highest BCUT2D eigenvalue weighted by Crippen LogP contribution is 2.30. The minimum absolute atomic E-state index is 0.0132. The van der Waals surface area contributed by atoms with E-state index < -0.39 is 4.92 Å². The molecular formula is C10H5BrCl2N4O2. The molecule has 0 aliphatic carbocycles. The summed E-state index contributed by atoms with van der Waals surface area (Å²) in [6, 6.07) is 4.97. The molecular weight excluding hydrogens is 359 g/mol. The van der Waals surface area contributed by atoms with Crippen LogP contribution in [0.25, 0.3) is 0 Å². The maximum Gasteiger partial charge on any atom is 0.329 e. The second kappa shape index (κ2) is 5.68. The van der Waals surface area contributed by atoms with Gasteiger partial charge in [0.15, 0.2) is 0 Å². The maximum atomic E-state index is 10.9. The number of halogens is 3. The highest BCUT2D eigenvalue weighted by molar-refractivity contribution is 9.10. The molecule has 0 fully saturated rings. The van der Waals surface area contributed by atoms with Gasteiger partial charge in [0.05, 0.1) is 9.95 Å².